The van der Waals surface area contributed by atoms with Crippen LogP contribution >= 0.6 is 0 Å². The van der Waals surface area contributed by atoms with Gasteiger partial charge < -0.3 is 4.74 Å². The molecule has 0 aromatic heterocycles. The number of esters is 1. The number of hydrogen-bond acceptors (Lipinski definition) is 4. The van der Waals surface area contributed by atoms with E-state index in [1.807, 2.05) is 0 Å². The molecule has 4 heteroatoms. The third-order valence-corrected chi connectivity index (χ3v) is 1.94. The second kappa shape index (κ2) is 5.63. The summed E-state index contributed by atoms with van der Waals surface area (Å²) < 4.78 is 4.85. The Bertz CT molecular complexity index is 459. The van der Waals surface area contributed by atoms with E-state index in [0.29, 0.717) is 11.3 Å². The summed E-state index contributed by atoms with van der Waals surface area (Å²) in [5.74, 6) is -0.470. The minimum Gasteiger partial charge on any atom is -0.458 e. The van der Waals surface area contributed by atoms with E-state index in [9.17, 15) is 9.59 Å². The molecule has 82 valence electrons. The second-order valence-corrected chi connectivity index (χ2v) is 3.09. The van der Waals surface area contributed by atoms with Gasteiger partial charge in [0, 0.05) is 0 Å². The molecule has 0 aliphatic carbocycles. The predicted molar refractivity (Wildman–Crippen MR) is 59.4 cm³/mol. The lowest BCUT2D eigenvalue weighted by Crippen LogP contribution is -2.04. The van der Waals surface area contributed by atoms with Crippen LogP contribution in [0.4, 0.5) is 5.69 Å². The molecule has 0 spiro atoms. The van der Waals surface area contributed by atoms with E-state index in [4.69, 9.17) is 4.74 Å². The second-order valence-electron chi connectivity index (χ2n) is 3.09. The highest BCUT2D eigenvalue weighted by atomic mass is 16.5. The van der Waals surface area contributed by atoms with Crippen molar-refractivity contribution in [2.75, 3.05) is 6.61 Å². The molecule has 0 unspecified atom stereocenters. The SMILES string of the molecule is C=CCOC(=O)c1ccc(C)c(N=C=O)c1. The van der Waals surface area contributed by atoms with Crippen LogP contribution in [-0.4, -0.2) is 18.7 Å². The van der Waals surface area contributed by atoms with Gasteiger partial charge in [0.05, 0.1) is 11.3 Å². The molecule has 0 aliphatic rings. The number of nitrogens with zero attached hydrogens (tertiary/aromatic N) is 1. The van der Waals surface area contributed by atoms with Gasteiger partial charge in [-0.15, -0.1) is 0 Å². The van der Waals surface area contributed by atoms with Gasteiger partial charge in [0.25, 0.3) is 0 Å². The molecule has 0 fully saturated rings. The molecule has 0 aliphatic heterocycles. The highest BCUT2D eigenvalue weighted by molar-refractivity contribution is 5.90. The van der Waals surface area contributed by atoms with Gasteiger partial charge in [-0.1, -0.05) is 18.7 Å². The van der Waals surface area contributed by atoms with E-state index in [2.05, 4.69) is 11.6 Å². The Hall–Kier alpha value is -2.19. The summed E-state index contributed by atoms with van der Waals surface area (Å²) in [4.78, 5) is 25.1. The molecule has 0 radical (unpaired) electrons. The van der Waals surface area contributed by atoms with Crippen LogP contribution in [0.5, 0.6) is 0 Å². The van der Waals surface area contributed by atoms with Crippen LogP contribution in [0, 0.1) is 6.92 Å². The van der Waals surface area contributed by atoms with Gasteiger partial charge in [0.15, 0.2) is 0 Å². The maximum absolute atomic E-state index is 11.5. The lowest BCUT2D eigenvalue weighted by atomic mass is 10.1. The van der Waals surface area contributed by atoms with Gasteiger partial charge in [0.1, 0.15) is 6.61 Å². The molecular formula is C12H11NO3. The van der Waals surface area contributed by atoms with Crippen molar-refractivity contribution in [2.24, 2.45) is 4.99 Å². The van der Waals surface area contributed by atoms with Gasteiger partial charge in [-0.3, -0.25) is 0 Å². The van der Waals surface area contributed by atoms with Crippen molar-refractivity contribution >= 4 is 17.7 Å². The summed E-state index contributed by atoms with van der Waals surface area (Å²) in [6.45, 7) is 5.38. The zero-order chi connectivity index (χ0) is 12.0. The number of aryl methyl sites for hydroxylation is 1. The number of rotatable bonds is 4. The van der Waals surface area contributed by atoms with Crippen molar-refractivity contribution in [2.45, 2.75) is 6.92 Å². The van der Waals surface area contributed by atoms with Crippen LogP contribution < -0.4 is 0 Å². The van der Waals surface area contributed by atoms with Crippen LogP contribution in [0.1, 0.15) is 15.9 Å². The van der Waals surface area contributed by atoms with Crippen LogP contribution in [0.3, 0.4) is 0 Å². The molecule has 0 saturated heterocycles. The standard InChI is InChI=1S/C12H11NO3/c1-3-6-16-12(15)10-5-4-9(2)11(7-10)13-8-14/h3-5,7H,1,6H2,2H3. The lowest BCUT2D eigenvalue weighted by molar-refractivity contribution is 0.0550. The fourth-order valence-electron chi connectivity index (χ4n) is 1.12. The first-order valence-corrected chi connectivity index (χ1v) is 4.65. The molecule has 1 rings (SSSR count). The molecule has 1 aromatic carbocycles. The summed E-state index contributed by atoms with van der Waals surface area (Å²) in [5, 5.41) is 0. The number of hydrogen-bond donors (Lipinski definition) is 0. The Morgan fingerprint density at radius 2 is 2.38 bits per heavy atom. The normalized spacial score (nSPS) is 9.06. The summed E-state index contributed by atoms with van der Waals surface area (Å²) in [7, 11) is 0. The third-order valence-electron chi connectivity index (χ3n) is 1.94. The quantitative estimate of drug-likeness (QED) is 0.336. The van der Waals surface area contributed by atoms with Crippen molar-refractivity contribution in [3.05, 3.63) is 42.0 Å². The molecule has 0 saturated carbocycles. The van der Waals surface area contributed by atoms with E-state index in [1.54, 1.807) is 19.1 Å². The fraction of sp³-hybridized carbons (Fsp3) is 0.167. The Balaban J connectivity index is 2.97. The molecule has 0 atom stereocenters. The predicted octanol–water partition coefficient (Wildman–Crippen LogP) is 2.31. The van der Waals surface area contributed by atoms with Crippen molar-refractivity contribution in [3.63, 3.8) is 0 Å². The average Bonchev–Trinajstić information content (AvgIpc) is 2.29. The number of isocyanates is 1. The summed E-state index contributed by atoms with van der Waals surface area (Å²) in [6, 6.07) is 4.80. The van der Waals surface area contributed by atoms with Crippen molar-refractivity contribution in [3.8, 4) is 0 Å². The van der Waals surface area contributed by atoms with E-state index in [-0.39, 0.29) is 6.61 Å². The van der Waals surface area contributed by atoms with Crippen LogP contribution in [-0.2, 0) is 9.53 Å². The zero-order valence-corrected chi connectivity index (χ0v) is 8.90. The molecular weight excluding hydrogens is 206 g/mol. The molecule has 0 amide bonds. The molecule has 16 heavy (non-hydrogen) atoms. The maximum atomic E-state index is 11.5. The van der Waals surface area contributed by atoms with Crippen LogP contribution in [0.25, 0.3) is 0 Å². The van der Waals surface area contributed by atoms with E-state index >= 15 is 0 Å². The van der Waals surface area contributed by atoms with Gasteiger partial charge in [0.2, 0.25) is 6.08 Å². The van der Waals surface area contributed by atoms with Gasteiger partial charge in [-0.25, -0.2) is 9.59 Å². The van der Waals surface area contributed by atoms with E-state index in [0.717, 1.165) is 5.56 Å². The molecule has 0 heterocycles. The minimum absolute atomic E-state index is 0.152. The number of ether oxygens (including phenoxy) is 1. The lowest BCUT2D eigenvalue weighted by Gasteiger charge is -2.03. The van der Waals surface area contributed by atoms with Gasteiger partial charge >= 0.3 is 5.97 Å². The first-order valence-electron chi connectivity index (χ1n) is 4.65. The smallest absolute Gasteiger partial charge is 0.338 e. The van der Waals surface area contributed by atoms with Crippen molar-refractivity contribution in [1.82, 2.24) is 0 Å². The molecule has 1 aromatic rings. The number of carbonyl (C=O) groups excluding carboxylic acids is 2. The molecule has 4 nitrogen and oxygen atoms in total. The Labute approximate surface area is 93.3 Å². The highest BCUT2D eigenvalue weighted by Crippen LogP contribution is 2.19. The highest BCUT2D eigenvalue weighted by Gasteiger charge is 2.08. The molecule has 0 N–H and O–H groups in total. The number of benzene rings is 1. The van der Waals surface area contributed by atoms with E-state index < -0.39 is 5.97 Å². The van der Waals surface area contributed by atoms with Crippen molar-refractivity contribution < 1.29 is 14.3 Å². The first-order chi connectivity index (χ1) is 7.69. The number of aliphatic imine (C=N–C) groups is 1. The number of carbonyl (C=O) groups is 1. The monoisotopic (exact) mass is 217 g/mol. The minimum atomic E-state index is -0.470. The summed E-state index contributed by atoms with van der Waals surface area (Å²) >= 11 is 0. The largest absolute Gasteiger partial charge is 0.458 e. The summed E-state index contributed by atoms with van der Waals surface area (Å²) in [5.41, 5.74) is 1.56. The van der Waals surface area contributed by atoms with Gasteiger partial charge in [-0.2, -0.15) is 4.99 Å². The average molecular weight is 217 g/mol. The van der Waals surface area contributed by atoms with Crippen LogP contribution in [0.2, 0.25) is 0 Å². The van der Waals surface area contributed by atoms with Crippen LogP contribution in [0.15, 0.2) is 35.8 Å². The van der Waals surface area contributed by atoms with E-state index in [1.165, 1.54) is 18.2 Å². The van der Waals surface area contributed by atoms with Crippen molar-refractivity contribution in [1.29, 1.82) is 0 Å². The Kier molecular flexibility index (Phi) is 4.18. The topological polar surface area (TPSA) is 55.7 Å². The first kappa shape index (κ1) is 11.9. The summed E-state index contributed by atoms with van der Waals surface area (Å²) in [6.07, 6.45) is 2.92. The zero-order valence-electron chi connectivity index (χ0n) is 8.90. The third kappa shape index (κ3) is 2.90. The maximum Gasteiger partial charge on any atom is 0.338 e. The fourth-order valence-corrected chi connectivity index (χ4v) is 1.12. The molecule has 0 bridgehead atoms. The Morgan fingerprint density at radius 1 is 1.62 bits per heavy atom. The van der Waals surface area contributed by atoms with Gasteiger partial charge in [-0.05, 0) is 24.6 Å². The Morgan fingerprint density at radius 3 is 3.00 bits per heavy atom.